The summed E-state index contributed by atoms with van der Waals surface area (Å²) in [7, 11) is 0. The van der Waals surface area contributed by atoms with E-state index in [-0.39, 0.29) is 0 Å². The van der Waals surface area contributed by atoms with Crippen molar-refractivity contribution in [1.29, 1.82) is 0 Å². The van der Waals surface area contributed by atoms with Gasteiger partial charge in [0.25, 0.3) is 0 Å². The van der Waals surface area contributed by atoms with E-state index in [1.54, 1.807) is 0 Å². The molecule has 0 N–H and O–H groups in total. The molecule has 0 heterocycles. The molecule has 0 aromatic rings. The lowest BCUT2D eigenvalue weighted by atomic mass is 9.96. The van der Waals surface area contributed by atoms with Crippen LogP contribution in [0.15, 0.2) is 0 Å². The van der Waals surface area contributed by atoms with Crippen LogP contribution < -0.4 is 0 Å². The van der Waals surface area contributed by atoms with Gasteiger partial charge in [0, 0.05) is 0 Å². The Hall–Kier alpha value is 0.310. The minimum absolute atomic E-state index is 0.587. The monoisotopic (exact) mass is 174 g/mol. The lowest BCUT2D eigenvalue weighted by molar-refractivity contribution is -0.0128. The van der Waals surface area contributed by atoms with Crippen LogP contribution in [0.2, 0.25) is 0 Å². The Morgan fingerprint density at radius 3 is 2.64 bits per heavy atom. The van der Waals surface area contributed by atoms with E-state index in [1.165, 1.54) is 25.7 Å². The van der Waals surface area contributed by atoms with Crippen molar-refractivity contribution < 1.29 is 4.74 Å². The van der Waals surface area contributed by atoms with Crippen LogP contribution >= 0.6 is 12.6 Å². The fraction of sp³-hybridized carbons (Fsp3) is 1.00. The molecule has 1 saturated carbocycles. The van der Waals surface area contributed by atoms with Gasteiger partial charge < -0.3 is 4.74 Å². The van der Waals surface area contributed by atoms with Gasteiger partial charge in [-0.1, -0.05) is 13.3 Å². The molecule has 1 unspecified atom stereocenters. The average Bonchev–Trinajstić information content (AvgIpc) is 1.95. The largest absolute Gasteiger partial charge is 0.378 e. The van der Waals surface area contributed by atoms with Gasteiger partial charge in [0.05, 0.1) is 12.7 Å². The highest BCUT2D eigenvalue weighted by Gasteiger charge is 2.18. The number of rotatable bonds is 5. The fourth-order valence-corrected chi connectivity index (χ4v) is 1.47. The Labute approximate surface area is 74.9 Å². The van der Waals surface area contributed by atoms with E-state index in [9.17, 15) is 0 Å². The number of hydrogen-bond donors (Lipinski definition) is 1. The molecule has 0 radical (unpaired) electrons. The van der Waals surface area contributed by atoms with Crippen molar-refractivity contribution in [2.75, 3.05) is 12.4 Å². The van der Waals surface area contributed by atoms with Crippen LogP contribution in [0.25, 0.3) is 0 Å². The van der Waals surface area contributed by atoms with Crippen LogP contribution in [0.4, 0.5) is 0 Å². The highest BCUT2D eigenvalue weighted by Crippen LogP contribution is 2.22. The molecule has 1 nitrogen and oxygen atoms in total. The molecule has 66 valence electrons. The summed E-state index contributed by atoms with van der Waals surface area (Å²) >= 11 is 4.27. The van der Waals surface area contributed by atoms with E-state index in [1.807, 2.05) is 0 Å². The summed E-state index contributed by atoms with van der Waals surface area (Å²) < 4.78 is 5.67. The molecule has 0 spiro atoms. The van der Waals surface area contributed by atoms with E-state index >= 15 is 0 Å². The SMILES string of the molecule is CCC(CS)COC1CCC1. The second-order valence-electron chi connectivity index (χ2n) is 3.34. The van der Waals surface area contributed by atoms with Crippen molar-refractivity contribution in [2.45, 2.75) is 38.7 Å². The maximum atomic E-state index is 5.67. The Morgan fingerprint density at radius 1 is 1.55 bits per heavy atom. The maximum absolute atomic E-state index is 5.67. The molecule has 0 saturated heterocycles. The van der Waals surface area contributed by atoms with Gasteiger partial charge in [0.2, 0.25) is 0 Å². The standard InChI is InChI=1S/C9H18OS/c1-2-8(7-11)6-10-9-4-3-5-9/h8-9,11H,2-7H2,1H3. The smallest absolute Gasteiger partial charge is 0.0575 e. The Bertz CT molecular complexity index is 97.7. The molecule has 1 atom stereocenters. The minimum Gasteiger partial charge on any atom is -0.378 e. The van der Waals surface area contributed by atoms with Gasteiger partial charge in [-0.25, -0.2) is 0 Å². The summed E-state index contributed by atoms with van der Waals surface area (Å²) in [5.74, 6) is 1.63. The van der Waals surface area contributed by atoms with E-state index < -0.39 is 0 Å². The van der Waals surface area contributed by atoms with Crippen molar-refractivity contribution in [3.63, 3.8) is 0 Å². The molecule has 1 fully saturated rings. The number of ether oxygens (including phenoxy) is 1. The van der Waals surface area contributed by atoms with Crippen LogP contribution in [0.5, 0.6) is 0 Å². The summed E-state index contributed by atoms with van der Waals surface area (Å²) in [6, 6.07) is 0. The third-order valence-corrected chi connectivity index (χ3v) is 2.97. The first kappa shape index (κ1) is 9.40. The molecular formula is C9H18OS. The summed E-state index contributed by atoms with van der Waals surface area (Å²) in [6.07, 6.45) is 5.70. The van der Waals surface area contributed by atoms with E-state index in [0.717, 1.165) is 12.4 Å². The first-order valence-electron chi connectivity index (χ1n) is 4.59. The number of thiol groups is 1. The van der Waals surface area contributed by atoms with Gasteiger partial charge in [-0.05, 0) is 30.9 Å². The zero-order valence-corrected chi connectivity index (χ0v) is 8.15. The van der Waals surface area contributed by atoms with Crippen molar-refractivity contribution in [2.24, 2.45) is 5.92 Å². The van der Waals surface area contributed by atoms with E-state index in [2.05, 4.69) is 19.6 Å². The first-order chi connectivity index (χ1) is 5.36. The second-order valence-corrected chi connectivity index (χ2v) is 3.71. The normalized spacial score (nSPS) is 21.3. The van der Waals surface area contributed by atoms with Crippen molar-refractivity contribution in [1.82, 2.24) is 0 Å². The van der Waals surface area contributed by atoms with Crippen LogP contribution in [0.1, 0.15) is 32.6 Å². The highest BCUT2D eigenvalue weighted by atomic mass is 32.1. The molecule has 0 bridgehead atoms. The molecule has 0 aromatic carbocycles. The van der Waals surface area contributed by atoms with Gasteiger partial charge in [-0.15, -0.1) is 0 Å². The Balaban J connectivity index is 1.99. The van der Waals surface area contributed by atoms with Crippen LogP contribution in [-0.4, -0.2) is 18.5 Å². The van der Waals surface area contributed by atoms with E-state index in [0.29, 0.717) is 12.0 Å². The highest BCUT2D eigenvalue weighted by molar-refractivity contribution is 7.80. The lowest BCUT2D eigenvalue weighted by Crippen LogP contribution is -2.25. The summed E-state index contributed by atoms with van der Waals surface area (Å²) in [6.45, 7) is 3.12. The summed E-state index contributed by atoms with van der Waals surface area (Å²) in [5, 5.41) is 0. The molecule has 11 heavy (non-hydrogen) atoms. The summed E-state index contributed by atoms with van der Waals surface area (Å²) in [4.78, 5) is 0. The molecule has 1 rings (SSSR count). The lowest BCUT2D eigenvalue weighted by Gasteiger charge is -2.27. The quantitative estimate of drug-likeness (QED) is 0.630. The molecule has 0 aromatic heterocycles. The topological polar surface area (TPSA) is 9.23 Å². The summed E-state index contributed by atoms with van der Waals surface area (Å²) in [5.41, 5.74) is 0. The predicted molar refractivity (Wildman–Crippen MR) is 51.2 cm³/mol. The molecule has 0 aliphatic heterocycles. The Kier molecular flexibility index (Phi) is 4.31. The molecule has 1 aliphatic rings. The van der Waals surface area contributed by atoms with Crippen molar-refractivity contribution in [3.8, 4) is 0 Å². The number of hydrogen-bond acceptors (Lipinski definition) is 2. The minimum atomic E-state index is 0.587. The van der Waals surface area contributed by atoms with Crippen LogP contribution in [0.3, 0.4) is 0 Å². The maximum Gasteiger partial charge on any atom is 0.0575 e. The fourth-order valence-electron chi connectivity index (χ4n) is 1.11. The second kappa shape index (κ2) is 5.04. The zero-order chi connectivity index (χ0) is 8.10. The zero-order valence-electron chi connectivity index (χ0n) is 7.25. The average molecular weight is 174 g/mol. The van der Waals surface area contributed by atoms with Gasteiger partial charge in [-0.2, -0.15) is 12.6 Å². The van der Waals surface area contributed by atoms with Gasteiger partial charge in [0.15, 0.2) is 0 Å². The van der Waals surface area contributed by atoms with Gasteiger partial charge in [0.1, 0.15) is 0 Å². The Morgan fingerprint density at radius 2 is 2.27 bits per heavy atom. The van der Waals surface area contributed by atoms with Crippen LogP contribution in [-0.2, 0) is 4.74 Å². The van der Waals surface area contributed by atoms with Crippen LogP contribution in [0, 0.1) is 5.92 Å². The van der Waals surface area contributed by atoms with E-state index in [4.69, 9.17) is 4.74 Å². The van der Waals surface area contributed by atoms with Crippen molar-refractivity contribution in [3.05, 3.63) is 0 Å². The third-order valence-electron chi connectivity index (χ3n) is 2.46. The predicted octanol–water partition coefficient (Wildman–Crippen LogP) is 2.51. The molecule has 2 heteroatoms. The third kappa shape index (κ3) is 3.04. The van der Waals surface area contributed by atoms with Crippen molar-refractivity contribution >= 4 is 12.6 Å². The molecule has 1 aliphatic carbocycles. The van der Waals surface area contributed by atoms with Gasteiger partial charge in [-0.3, -0.25) is 0 Å². The molecular weight excluding hydrogens is 156 g/mol. The first-order valence-corrected chi connectivity index (χ1v) is 5.22. The molecule has 0 amide bonds. The van der Waals surface area contributed by atoms with Gasteiger partial charge >= 0.3 is 0 Å².